The second-order valence-corrected chi connectivity index (χ2v) is 4.39. The molecule has 1 atom stereocenters. The zero-order valence-corrected chi connectivity index (χ0v) is 9.76. The van der Waals surface area contributed by atoms with Crippen LogP contribution in [0.2, 0.25) is 0 Å². The lowest BCUT2D eigenvalue weighted by Gasteiger charge is -2.19. The average molecular weight is 247 g/mol. The molecule has 94 valence electrons. The molecule has 1 aliphatic heterocycles. The van der Waals surface area contributed by atoms with Crippen LogP contribution in [0.5, 0.6) is 0 Å². The number of ether oxygens (including phenoxy) is 1. The van der Waals surface area contributed by atoms with E-state index in [4.69, 9.17) is 14.3 Å². The maximum atomic E-state index is 10.9. The van der Waals surface area contributed by atoms with Gasteiger partial charge in [0.1, 0.15) is 11.6 Å². The van der Waals surface area contributed by atoms with Crippen molar-refractivity contribution in [2.45, 2.75) is 25.4 Å². The highest BCUT2D eigenvalue weighted by Crippen LogP contribution is 2.29. The molecule has 1 saturated heterocycles. The van der Waals surface area contributed by atoms with E-state index in [1.165, 1.54) is 12.1 Å². The number of carboxylic acids is 1. The first-order chi connectivity index (χ1) is 8.74. The molecular weight excluding hydrogens is 234 g/mol. The van der Waals surface area contributed by atoms with Crippen molar-refractivity contribution in [2.24, 2.45) is 0 Å². The van der Waals surface area contributed by atoms with Crippen molar-refractivity contribution in [3.8, 4) is 0 Å². The molecule has 2 aromatic rings. The average Bonchev–Trinajstić information content (AvgIpc) is 2.82. The van der Waals surface area contributed by atoms with Crippen LogP contribution in [0.3, 0.4) is 0 Å². The van der Waals surface area contributed by atoms with Crippen LogP contribution in [0.25, 0.3) is 11.1 Å². The first-order valence-corrected chi connectivity index (χ1v) is 5.99. The maximum absolute atomic E-state index is 10.9. The number of aromatic carboxylic acids is 1. The molecular formula is C13H13NO4. The Kier molecular flexibility index (Phi) is 2.76. The summed E-state index contributed by atoms with van der Waals surface area (Å²) in [7, 11) is 0. The quantitative estimate of drug-likeness (QED) is 0.883. The number of carboxylic acid groups (broad SMARTS) is 1. The lowest BCUT2D eigenvalue weighted by atomic mass is 10.1. The molecule has 1 N–H and O–H groups in total. The fourth-order valence-electron chi connectivity index (χ4n) is 2.15. The van der Waals surface area contributed by atoms with Gasteiger partial charge in [0.15, 0.2) is 5.58 Å². The SMILES string of the molecule is O=C(O)c1ccc2oc(C3CCCCO3)nc2c1. The van der Waals surface area contributed by atoms with Gasteiger partial charge in [-0.1, -0.05) is 0 Å². The minimum Gasteiger partial charge on any atom is -0.478 e. The fourth-order valence-corrected chi connectivity index (χ4v) is 2.15. The van der Waals surface area contributed by atoms with Crippen molar-refractivity contribution < 1.29 is 19.1 Å². The first-order valence-electron chi connectivity index (χ1n) is 5.99. The van der Waals surface area contributed by atoms with Crippen molar-refractivity contribution in [3.05, 3.63) is 29.7 Å². The third kappa shape index (κ3) is 1.97. The normalized spacial score (nSPS) is 20.1. The van der Waals surface area contributed by atoms with Crippen LogP contribution in [0.15, 0.2) is 22.6 Å². The Hall–Kier alpha value is -1.88. The minimum atomic E-state index is -0.963. The molecule has 0 saturated carbocycles. The van der Waals surface area contributed by atoms with Crippen LogP contribution in [0.1, 0.15) is 41.6 Å². The van der Waals surface area contributed by atoms with Gasteiger partial charge in [-0.2, -0.15) is 0 Å². The summed E-state index contributed by atoms with van der Waals surface area (Å²) in [5.41, 5.74) is 1.38. The summed E-state index contributed by atoms with van der Waals surface area (Å²) < 4.78 is 11.2. The third-order valence-corrected chi connectivity index (χ3v) is 3.11. The first kappa shape index (κ1) is 11.2. The van der Waals surface area contributed by atoms with Gasteiger partial charge in [0.2, 0.25) is 5.89 Å². The molecule has 3 rings (SSSR count). The number of aromatic nitrogens is 1. The lowest BCUT2D eigenvalue weighted by Crippen LogP contribution is -2.11. The highest BCUT2D eigenvalue weighted by Gasteiger charge is 2.21. The molecule has 1 aliphatic rings. The summed E-state index contributed by atoms with van der Waals surface area (Å²) in [5.74, 6) is -0.414. The molecule has 5 heteroatoms. The van der Waals surface area contributed by atoms with E-state index < -0.39 is 5.97 Å². The molecule has 0 aliphatic carbocycles. The van der Waals surface area contributed by atoms with E-state index in [0.29, 0.717) is 17.0 Å². The highest BCUT2D eigenvalue weighted by atomic mass is 16.5. The van der Waals surface area contributed by atoms with Gasteiger partial charge < -0.3 is 14.3 Å². The van der Waals surface area contributed by atoms with Crippen molar-refractivity contribution in [1.29, 1.82) is 0 Å². The van der Waals surface area contributed by atoms with Crippen molar-refractivity contribution in [3.63, 3.8) is 0 Å². The minimum absolute atomic E-state index is 0.0978. The number of nitrogens with zero attached hydrogens (tertiary/aromatic N) is 1. The van der Waals surface area contributed by atoms with Gasteiger partial charge in [0.05, 0.1) is 5.56 Å². The Morgan fingerprint density at radius 2 is 2.28 bits per heavy atom. The van der Waals surface area contributed by atoms with Crippen LogP contribution in [-0.2, 0) is 4.74 Å². The van der Waals surface area contributed by atoms with E-state index in [2.05, 4.69) is 4.98 Å². The third-order valence-electron chi connectivity index (χ3n) is 3.11. The predicted octanol–water partition coefficient (Wildman–Crippen LogP) is 2.77. The number of fused-ring (bicyclic) bond motifs is 1. The lowest BCUT2D eigenvalue weighted by molar-refractivity contribution is -0.000553. The van der Waals surface area contributed by atoms with E-state index in [1.54, 1.807) is 6.07 Å². The van der Waals surface area contributed by atoms with Crippen LogP contribution < -0.4 is 0 Å². The molecule has 1 aromatic carbocycles. The van der Waals surface area contributed by atoms with E-state index in [1.807, 2.05) is 0 Å². The van der Waals surface area contributed by atoms with E-state index >= 15 is 0 Å². The van der Waals surface area contributed by atoms with E-state index in [9.17, 15) is 4.79 Å². The summed E-state index contributed by atoms with van der Waals surface area (Å²) in [6.45, 7) is 0.726. The van der Waals surface area contributed by atoms with Gasteiger partial charge in [-0.15, -0.1) is 0 Å². The standard InChI is InChI=1S/C13H13NO4/c15-13(16)8-4-5-10-9(7-8)14-12(18-10)11-3-1-2-6-17-11/h4-5,7,11H,1-3,6H2,(H,15,16). The second kappa shape index (κ2) is 4.42. The molecule has 5 nitrogen and oxygen atoms in total. The van der Waals surface area contributed by atoms with Gasteiger partial charge in [-0.3, -0.25) is 0 Å². The van der Waals surface area contributed by atoms with Gasteiger partial charge >= 0.3 is 5.97 Å². The highest BCUT2D eigenvalue weighted by molar-refractivity contribution is 5.91. The van der Waals surface area contributed by atoms with Gasteiger partial charge in [-0.05, 0) is 37.5 Å². The topological polar surface area (TPSA) is 72.6 Å². The van der Waals surface area contributed by atoms with Gasteiger partial charge in [-0.25, -0.2) is 9.78 Å². The number of benzene rings is 1. The molecule has 0 radical (unpaired) electrons. The van der Waals surface area contributed by atoms with E-state index in [0.717, 1.165) is 25.9 Å². The fraction of sp³-hybridized carbons (Fsp3) is 0.385. The Morgan fingerprint density at radius 3 is 3.00 bits per heavy atom. The monoisotopic (exact) mass is 247 g/mol. The van der Waals surface area contributed by atoms with E-state index in [-0.39, 0.29) is 11.7 Å². The van der Waals surface area contributed by atoms with Crippen LogP contribution in [-0.4, -0.2) is 22.7 Å². The Labute approximate surface area is 103 Å². The summed E-state index contributed by atoms with van der Waals surface area (Å²) in [5, 5.41) is 8.92. The molecule has 0 spiro atoms. The molecule has 2 heterocycles. The number of carbonyl (C=O) groups is 1. The van der Waals surface area contributed by atoms with Crippen molar-refractivity contribution >= 4 is 17.1 Å². The number of oxazole rings is 1. The molecule has 1 fully saturated rings. The summed E-state index contributed by atoms with van der Waals surface area (Å²) in [6.07, 6.45) is 2.97. The molecule has 18 heavy (non-hydrogen) atoms. The zero-order chi connectivity index (χ0) is 12.5. The predicted molar refractivity (Wildman–Crippen MR) is 63.5 cm³/mol. The number of rotatable bonds is 2. The number of hydrogen-bond donors (Lipinski definition) is 1. The van der Waals surface area contributed by atoms with Crippen LogP contribution in [0, 0.1) is 0 Å². The smallest absolute Gasteiger partial charge is 0.335 e. The zero-order valence-electron chi connectivity index (χ0n) is 9.76. The Morgan fingerprint density at radius 1 is 1.39 bits per heavy atom. The van der Waals surface area contributed by atoms with Crippen LogP contribution in [0.4, 0.5) is 0 Å². The number of hydrogen-bond acceptors (Lipinski definition) is 4. The van der Waals surface area contributed by atoms with Crippen LogP contribution >= 0.6 is 0 Å². The Bertz CT molecular complexity index is 584. The van der Waals surface area contributed by atoms with Gasteiger partial charge in [0.25, 0.3) is 0 Å². The summed E-state index contributed by atoms with van der Waals surface area (Å²) >= 11 is 0. The van der Waals surface area contributed by atoms with Gasteiger partial charge in [0, 0.05) is 6.61 Å². The summed E-state index contributed by atoms with van der Waals surface area (Å²) in [4.78, 5) is 15.2. The molecule has 1 unspecified atom stereocenters. The molecule has 0 bridgehead atoms. The Balaban J connectivity index is 1.97. The van der Waals surface area contributed by atoms with Crippen molar-refractivity contribution in [1.82, 2.24) is 4.98 Å². The molecule has 1 aromatic heterocycles. The maximum Gasteiger partial charge on any atom is 0.335 e. The molecule has 0 amide bonds. The van der Waals surface area contributed by atoms with Crippen molar-refractivity contribution in [2.75, 3.05) is 6.61 Å². The summed E-state index contributed by atoms with van der Waals surface area (Å²) in [6, 6.07) is 4.67. The largest absolute Gasteiger partial charge is 0.478 e. The second-order valence-electron chi connectivity index (χ2n) is 4.39.